The Morgan fingerprint density at radius 1 is 1.38 bits per heavy atom. The van der Waals surface area contributed by atoms with E-state index in [-0.39, 0.29) is 5.54 Å². The molecule has 0 fully saturated rings. The lowest BCUT2D eigenvalue weighted by Gasteiger charge is -2.23. The van der Waals surface area contributed by atoms with Crippen LogP contribution in [0.2, 0.25) is 0 Å². The van der Waals surface area contributed by atoms with Crippen molar-refractivity contribution in [3.63, 3.8) is 0 Å². The molecular formula is C12H21N3O. The Kier molecular flexibility index (Phi) is 3.99. The first-order chi connectivity index (χ1) is 7.29. The highest BCUT2D eigenvalue weighted by Crippen LogP contribution is 2.15. The van der Waals surface area contributed by atoms with Crippen LogP contribution in [0, 0.1) is 13.8 Å². The number of β-amino-alcohol motifs (C(OH)–C–C–N with tert-alkyl or cyclic N) is 1. The lowest BCUT2D eigenvalue weighted by Crippen LogP contribution is -2.38. The van der Waals surface area contributed by atoms with E-state index in [1.165, 1.54) is 0 Å². The lowest BCUT2D eigenvalue weighted by molar-refractivity contribution is 0.161. The summed E-state index contributed by atoms with van der Waals surface area (Å²) in [6.07, 6.45) is 1.15. The molecule has 4 heteroatoms. The number of hydrogen-bond donors (Lipinski definition) is 2. The average molecular weight is 223 g/mol. The Balaban J connectivity index is 2.70. The second-order valence-corrected chi connectivity index (χ2v) is 5.10. The van der Waals surface area contributed by atoms with Gasteiger partial charge >= 0.3 is 0 Å². The fourth-order valence-electron chi connectivity index (χ4n) is 1.43. The van der Waals surface area contributed by atoms with Crippen molar-refractivity contribution in [3.8, 4) is 0 Å². The molecule has 1 atom stereocenters. The third kappa shape index (κ3) is 3.87. The van der Waals surface area contributed by atoms with Crippen molar-refractivity contribution in [2.45, 2.75) is 46.3 Å². The molecule has 90 valence electrons. The van der Waals surface area contributed by atoms with Gasteiger partial charge in [0.25, 0.3) is 0 Å². The predicted molar refractivity (Wildman–Crippen MR) is 64.2 cm³/mol. The molecule has 0 amide bonds. The standard InChI is InChI=1S/C12H21N3O/c1-8-10(6-13-9(2)15-8)11(16)7-14-12(3,4)5/h6,11,14,16H,7H2,1-5H3/t11-/m0/s1. The van der Waals surface area contributed by atoms with Crippen LogP contribution in [0.4, 0.5) is 0 Å². The quantitative estimate of drug-likeness (QED) is 0.815. The molecule has 0 aromatic carbocycles. The normalized spacial score (nSPS) is 13.9. The first kappa shape index (κ1) is 13.1. The second kappa shape index (κ2) is 4.89. The van der Waals surface area contributed by atoms with Crippen molar-refractivity contribution in [3.05, 3.63) is 23.3 Å². The molecule has 1 heterocycles. The molecule has 0 unspecified atom stereocenters. The maximum atomic E-state index is 10.0. The minimum atomic E-state index is -0.556. The molecule has 16 heavy (non-hydrogen) atoms. The third-order valence-electron chi connectivity index (χ3n) is 2.32. The highest BCUT2D eigenvalue weighted by molar-refractivity contribution is 5.19. The summed E-state index contributed by atoms with van der Waals surface area (Å²) in [4.78, 5) is 8.35. The molecule has 0 bridgehead atoms. The van der Waals surface area contributed by atoms with Gasteiger partial charge in [-0.3, -0.25) is 0 Å². The number of hydrogen-bond acceptors (Lipinski definition) is 4. The van der Waals surface area contributed by atoms with Gasteiger partial charge in [0.1, 0.15) is 5.82 Å². The van der Waals surface area contributed by atoms with Crippen LogP contribution in [-0.2, 0) is 0 Å². The molecule has 1 rings (SSSR count). The van der Waals surface area contributed by atoms with Crippen LogP contribution >= 0.6 is 0 Å². The van der Waals surface area contributed by atoms with E-state index in [4.69, 9.17) is 0 Å². The molecule has 1 aromatic rings. The fraction of sp³-hybridized carbons (Fsp3) is 0.667. The van der Waals surface area contributed by atoms with Gasteiger partial charge in [0.2, 0.25) is 0 Å². The van der Waals surface area contributed by atoms with E-state index >= 15 is 0 Å². The van der Waals surface area contributed by atoms with Gasteiger partial charge in [-0.15, -0.1) is 0 Å². The molecule has 0 aliphatic rings. The number of aryl methyl sites for hydroxylation is 2. The highest BCUT2D eigenvalue weighted by atomic mass is 16.3. The molecule has 4 nitrogen and oxygen atoms in total. The SMILES string of the molecule is Cc1ncc([C@@H](O)CNC(C)(C)C)c(C)n1. The van der Waals surface area contributed by atoms with E-state index in [0.717, 1.165) is 17.1 Å². The molecule has 0 aliphatic heterocycles. The summed E-state index contributed by atoms with van der Waals surface area (Å²) >= 11 is 0. The van der Waals surface area contributed by atoms with E-state index in [1.807, 2.05) is 13.8 Å². The Labute approximate surface area is 97.1 Å². The summed E-state index contributed by atoms with van der Waals surface area (Å²) < 4.78 is 0. The number of rotatable bonds is 3. The van der Waals surface area contributed by atoms with Crippen molar-refractivity contribution in [2.24, 2.45) is 0 Å². The predicted octanol–water partition coefficient (Wildman–Crippen LogP) is 1.51. The molecule has 0 saturated carbocycles. The van der Waals surface area contributed by atoms with Gasteiger partial charge in [-0.1, -0.05) is 0 Å². The monoisotopic (exact) mass is 223 g/mol. The molecule has 2 N–H and O–H groups in total. The molecule has 0 aliphatic carbocycles. The van der Waals surface area contributed by atoms with Crippen molar-refractivity contribution in [2.75, 3.05) is 6.54 Å². The number of aliphatic hydroxyl groups excluding tert-OH is 1. The summed E-state index contributed by atoms with van der Waals surface area (Å²) in [6, 6.07) is 0. The zero-order valence-electron chi connectivity index (χ0n) is 10.7. The molecule has 0 saturated heterocycles. The summed E-state index contributed by atoms with van der Waals surface area (Å²) in [5.41, 5.74) is 1.64. The minimum absolute atomic E-state index is 0.000435. The first-order valence-electron chi connectivity index (χ1n) is 5.53. The average Bonchev–Trinajstić information content (AvgIpc) is 2.13. The summed E-state index contributed by atoms with van der Waals surface area (Å²) in [5.74, 6) is 0.734. The van der Waals surface area contributed by atoms with Crippen LogP contribution in [0.15, 0.2) is 6.20 Å². The number of aromatic nitrogens is 2. The van der Waals surface area contributed by atoms with Gasteiger partial charge in [-0.25, -0.2) is 9.97 Å². The van der Waals surface area contributed by atoms with Crippen LogP contribution < -0.4 is 5.32 Å². The van der Waals surface area contributed by atoms with Crippen molar-refractivity contribution in [1.29, 1.82) is 0 Å². The van der Waals surface area contributed by atoms with Crippen molar-refractivity contribution in [1.82, 2.24) is 15.3 Å². The van der Waals surface area contributed by atoms with E-state index in [9.17, 15) is 5.11 Å². The lowest BCUT2D eigenvalue weighted by atomic mass is 10.1. The van der Waals surface area contributed by atoms with E-state index in [1.54, 1.807) is 6.20 Å². The number of aliphatic hydroxyl groups is 1. The Morgan fingerprint density at radius 3 is 2.50 bits per heavy atom. The zero-order chi connectivity index (χ0) is 12.3. The van der Waals surface area contributed by atoms with Gasteiger partial charge in [0, 0.05) is 29.5 Å². The fourth-order valence-corrected chi connectivity index (χ4v) is 1.43. The second-order valence-electron chi connectivity index (χ2n) is 5.10. The number of nitrogens with one attached hydrogen (secondary N) is 1. The van der Waals surface area contributed by atoms with Gasteiger partial charge in [0.05, 0.1) is 6.10 Å². The van der Waals surface area contributed by atoms with Crippen molar-refractivity contribution >= 4 is 0 Å². The largest absolute Gasteiger partial charge is 0.387 e. The minimum Gasteiger partial charge on any atom is -0.387 e. The zero-order valence-corrected chi connectivity index (χ0v) is 10.7. The summed E-state index contributed by atoms with van der Waals surface area (Å²) in [5, 5.41) is 13.3. The van der Waals surface area contributed by atoms with Crippen LogP contribution in [0.1, 0.15) is 44.0 Å². The van der Waals surface area contributed by atoms with Crippen molar-refractivity contribution < 1.29 is 5.11 Å². The van der Waals surface area contributed by atoms with E-state index in [0.29, 0.717) is 6.54 Å². The van der Waals surface area contributed by atoms with E-state index < -0.39 is 6.10 Å². The first-order valence-corrected chi connectivity index (χ1v) is 5.53. The molecule has 0 radical (unpaired) electrons. The van der Waals surface area contributed by atoms with Gasteiger partial charge in [0.15, 0.2) is 0 Å². The Hall–Kier alpha value is -1.00. The maximum absolute atomic E-state index is 10.0. The smallest absolute Gasteiger partial charge is 0.125 e. The molecular weight excluding hydrogens is 202 g/mol. The number of nitrogens with zero attached hydrogens (tertiary/aromatic N) is 2. The van der Waals surface area contributed by atoms with Gasteiger partial charge < -0.3 is 10.4 Å². The molecule has 1 aromatic heterocycles. The van der Waals surface area contributed by atoms with Crippen LogP contribution in [0.25, 0.3) is 0 Å². The maximum Gasteiger partial charge on any atom is 0.125 e. The highest BCUT2D eigenvalue weighted by Gasteiger charge is 2.15. The van der Waals surface area contributed by atoms with Crippen LogP contribution in [-0.4, -0.2) is 27.2 Å². The summed E-state index contributed by atoms with van der Waals surface area (Å²) in [7, 11) is 0. The Bertz CT molecular complexity index is 358. The van der Waals surface area contributed by atoms with Crippen LogP contribution in [0.5, 0.6) is 0 Å². The Morgan fingerprint density at radius 2 is 2.00 bits per heavy atom. The summed E-state index contributed by atoms with van der Waals surface area (Å²) in [6.45, 7) is 10.5. The molecule has 0 spiro atoms. The topological polar surface area (TPSA) is 58.0 Å². The van der Waals surface area contributed by atoms with Crippen LogP contribution in [0.3, 0.4) is 0 Å². The van der Waals surface area contributed by atoms with Gasteiger partial charge in [-0.05, 0) is 34.6 Å². The third-order valence-corrected chi connectivity index (χ3v) is 2.32. The van der Waals surface area contributed by atoms with Gasteiger partial charge in [-0.2, -0.15) is 0 Å². The van der Waals surface area contributed by atoms with E-state index in [2.05, 4.69) is 36.1 Å².